The number of nitrogens with one attached hydrogen (secondary N) is 2. The number of rotatable bonds is 7. The summed E-state index contributed by atoms with van der Waals surface area (Å²) in [4.78, 5) is 39.5. The highest BCUT2D eigenvalue weighted by Crippen LogP contribution is 2.18. The van der Waals surface area contributed by atoms with Crippen LogP contribution in [0.2, 0.25) is 0 Å². The summed E-state index contributed by atoms with van der Waals surface area (Å²) in [5.74, 6) is 0.596. The minimum Gasteiger partial charge on any atom is -0.352 e. The molecular weight excluding hydrogens is 404 g/mol. The number of amides is 1. The summed E-state index contributed by atoms with van der Waals surface area (Å²) in [5.41, 5.74) is 1.69. The quantitative estimate of drug-likeness (QED) is 0.599. The maximum Gasteiger partial charge on any atom is 0.273 e. The molecule has 0 aliphatic carbocycles. The van der Waals surface area contributed by atoms with Gasteiger partial charge in [0.15, 0.2) is 0 Å². The summed E-state index contributed by atoms with van der Waals surface area (Å²) >= 11 is 0. The van der Waals surface area contributed by atoms with Crippen LogP contribution in [-0.2, 0) is 24.4 Å². The molecule has 1 amide bonds. The lowest BCUT2D eigenvalue weighted by molar-refractivity contribution is -0.121. The van der Waals surface area contributed by atoms with Crippen molar-refractivity contribution >= 4 is 16.7 Å². The summed E-state index contributed by atoms with van der Waals surface area (Å²) in [5, 5.41) is 6.16. The fourth-order valence-corrected chi connectivity index (χ4v) is 4.36. The van der Waals surface area contributed by atoms with Crippen LogP contribution >= 0.6 is 0 Å². The van der Waals surface area contributed by atoms with Gasteiger partial charge in [0.05, 0.1) is 17.3 Å². The minimum absolute atomic E-state index is 0.111. The molecule has 2 heterocycles. The molecule has 7 heteroatoms. The largest absolute Gasteiger partial charge is 0.352 e. The Hall–Kier alpha value is -3.19. The Morgan fingerprint density at radius 3 is 2.53 bits per heavy atom. The van der Waals surface area contributed by atoms with Crippen molar-refractivity contribution in [3.63, 3.8) is 0 Å². The van der Waals surface area contributed by atoms with Gasteiger partial charge in [-0.25, -0.2) is 4.68 Å². The van der Waals surface area contributed by atoms with Crippen LogP contribution < -0.4 is 16.4 Å². The number of benzene rings is 2. The molecule has 3 aromatic rings. The van der Waals surface area contributed by atoms with Crippen LogP contribution in [0, 0.1) is 5.92 Å². The fraction of sp³-hybridized carbons (Fsp3) is 0.400. The Morgan fingerprint density at radius 2 is 1.78 bits per heavy atom. The SMILES string of the molecule is CC1CCCN(Cc2ccc(CNC(=O)CCn3[nH]c(=O)c4ccccc4c3=O)cc2)C1. The Morgan fingerprint density at radius 1 is 1.06 bits per heavy atom. The zero-order chi connectivity index (χ0) is 22.5. The van der Waals surface area contributed by atoms with E-state index in [-0.39, 0.29) is 30.0 Å². The van der Waals surface area contributed by atoms with E-state index >= 15 is 0 Å². The number of piperidine rings is 1. The predicted molar refractivity (Wildman–Crippen MR) is 125 cm³/mol. The molecule has 2 aromatic carbocycles. The first kappa shape index (κ1) is 22.0. The van der Waals surface area contributed by atoms with Crippen LogP contribution in [-0.4, -0.2) is 33.7 Å². The molecule has 32 heavy (non-hydrogen) atoms. The molecule has 4 rings (SSSR count). The van der Waals surface area contributed by atoms with Gasteiger partial charge in [-0.2, -0.15) is 0 Å². The standard InChI is InChI=1S/C25H30N4O3/c1-18-5-4-13-28(16-18)17-20-10-8-19(9-11-20)15-26-23(30)12-14-29-25(32)22-7-3-2-6-21(22)24(31)27-29/h2-3,6-11,18H,4-5,12-17H2,1H3,(H,26,30)(H,27,31). The molecule has 1 aromatic heterocycles. The lowest BCUT2D eigenvalue weighted by Crippen LogP contribution is -2.33. The first-order chi connectivity index (χ1) is 15.5. The predicted octanol–water partition coefficient (Wildman–Crippen LogP) is 2.63. The third-order valence-electron chi connectivity index (χ3n) is 6.11. The van der Waals surface area contributed by atoms with Crippen molar-refractivity contribution in [2.75, 3.05) is 13.1 Å². The minimum atomic E-state index is -0.334. The first-order valence-electron chi connectivity index (χ1n) is 11.3. The van der Waals surface area contributed by atoms with Gasteiger partial charge in [0.2, 0.25) is 5.91 Å². The summed E-state index contributed by atoms with van der Waals surface area (Å²) in [6.45, 7) is 6.15. The molecule has 0 radical (unpaired) electrons. The smallest absolute Gasteiger partial charge is 0.273 e. The number of fused-ring (bicyclic) bond motifs is 1. The molecule has 1 aliphatic heterocycles. The Labute approximate surface area is 187 Å². The summed E-state index contributed by atoms with van der Waals surface area (Å²) in [6.07, 6.45) is 2.70. The van der Waals surface area contributed by atoms with Gasteiger partial charge in [0.25, 0.3) is 11.1 Å². The van der Waals surface area contributed by atoms with Crippen molar-refractivity contribution in [3.8, 4) is 0 Å². The van der Waals surface area contributed by atoms with Gasteiger partial charge in [0.1, 0.15) is 0 Å². The van der Waals surface area contributed by atoms with E-state index < -0.39 is 0 Å². The Balaban J connectivity index is 1.28. The van der Waals surface area contributed by atoms with E-state index in [2.05, 4.69) is 34.4 Å². The van der Waals surface area contributed by atoms with E-state index in [1.165, 1.54) is 23.1 Å². The number of likely N-dealkylation sites (tertiary alicyclic amines) is 1. The highest BCUT2D eigenvalue weighted by atomic mass is 16.2. The van der Waals surface area contributed by atoms with Gasteiger partial charge in [-0.3, -0.25) is 24.4 Å². The van der Waals surface area contributed by atoms with Crippen LogP contribution in [0.25, 0.3) is 10.8 Å². The normalized spacial score (nSPS) is 16.8. The fourth-order valence-electron chi connectivity index (χ4n) is 4.36. The molecule has 0 spiro atoms. The molecule has 1 saturated heterocycles. The summed E-state index contributed by atoms with van der Waals surface area (Å²) in [6, 6.07) is 15.0. The number of aryl methyl sites for hydroxylation is 1. The van der Waals surface area contributed by atoms with Crippen molar-refractivity contribution in [2.24, 2.45) is 5.92 Å². The topological polar surface area (TPSA) is 87.2 Å². The first-order valence-corrected chi connectivity index (χ1v) is 11.3. The third-order valence-corrected chi connectivity index (χ3v) is 6.11. The number of nitrogens with zero attached hydrogens (tertiary/aromatic N) is 2. The van der Waals surface area contributed by atoms with E-state index in [1.54, 1.807) is 24.3 Å². The van der Waals surface area contributed by atoms with Crippen molar-refractivity contribution in [3.05, 3.63) is 80.4 Å². The van der Waals surface area contributed by atoms with Crippen molar-refractivity contribution < 1.29 is 4.79 Å². The van der Waals surface area contributed by atoms with E-state index in [4.69, 9.17) is 0 Å². The molecule has 168 valence electrons. The van der Waals surface area contributed by atoms with Crippen LogP contribution in [0.15, 0.2) is 58.1 Å². The van der Waals surface area contributed by atoms with Gasteiger partial charge in [-0.15, -0.1) is 0 Å². The number of hydrogen-bond acceptors (Lipinski definition) is 4. The van der Waals surface area contributed by atoms with E-state index in [9.17, 15) is 14.4 Å². The van der Waals surface area contributed by atoms with Crippen LogP contribution in [0.4, 0.5) is 0 Å². The van der Waals surface area contributed by atoms with Crippen molar-refractivity contribution in [1.82, 2.24) is 20.0 Å². The summed E-state index contributed by atoms with van der Waals surface area (Å²) in [7, 11) is 0. The van der Waals surface area contributed by atoms with Gasteiger partial charge >= 0.3 is 0 Å². The molecule has 2 N–H and O–H groups in total. The maximum absolute atomic E-state index is 12.5. The lowest BCUT2D eigenvalue weighted by atomic mass is 9.99. The molecule has 0 saturated carbocycles. The van der Waals surface area contributed by atoms with E-state index in [0.717, 1.165) is 31.1 Å². The van der Waals surface area contributed by atoms with Gasteiger partial charge < -0.3 is 5.32 Å². The van der Waals surface area contributed by atoms with Crippen LogP contribution in [0.3, 0.4) is 0 Å². The molecule has 0 bridgehead atoms. The number of H-pyrrole nitrogens is 1. The van der Waals surface area contributed by atoms with E-state index in [1.807, 2.05) is 12.1 Å². The van der Waals surface area contributed by atoms with Gasteiger partial charge in [0, 0.05) is 26.1 Å². The second-order valence-corrected chi connectivity index (χ2v) is 8.77. The molecule has 1 aliphatic rings. The van der Waals surface area contributed by atoms with Gasteiger partial charge in [-0.1, -0.05) is 43.3 Å². The lowest BCUT2D eigenvalue weighted by Gasteiger charge is -2.30. The van der Waals surface area contributed by atoms with Crippen LogP contribution in [0.1, 0.15) is 37.3 Å². The van der Waals surface area contributed by atoms with Gasteiger partial charge in [-0.05, 0) is 48.6 Å². The average Bonchev–Trinajstić information content (AvgIpc) is 2.80. The number of carbonyl (C=O) groups excluding carboxylic acids is 1. The highest BCUT2D eigenvalue weighted by Gasteiger charge is 2.16. The molecule has 1 atom stereocenters. The maximum atomic E-state index is 12.5. The molecule has 7 nitrogen and oxygen atoms in total. The monoisotopic (exact) mass is 434 g/mol. The second-order valence-electron chi connectivity index (χ2n) is 8.77. The Kier molecular flexibility index (Phi) is 6.85. The van der Waals surface area contributed by atoms with Crippen molar-refractivity contribution in [1.29, 1.82) is 0 Å². The number of aromatic amines is 1. The molecular formula is C25H30N4O3. The van der Waals surface area contributed by atoms with E-state index in [0.29, 0.717) is 17.3 Å². The van der Waals surface area contributed by atoms with Crippen LogP contribution in [0.5, 0.6) is 0 Å². The molecule has 1 unspecified atom stereocenters. The zero-order valence-electron chi connectivity index (χ0n) is 18.5. The average molecular weight is 435 g/mol. The second kappa shape index (κ2) is 9.96. The zero-order valence-corrected chi connectivity index (χ0v) is 18.5. The molecule has 1 fully saturated rings. The van der Waals surface area contributed by atoms with Crippen molar-refractivity contribution in [2.45, 2.75) is 45.8 Å². The third kappa shape index (κ3) is 5.34. The number of carbonyl (C=O) groups is 1. The Bertz CT molecular complexity index is 1200. The number of aromatic nitrogens is 2. The highest BCUT2D eigenvalue weighted by molar-refractivity contribution is 5.80. The summed E-state index contributed by atoms with van der Waals surface area (Å²) < 4.78 is 1.21. The number of hydrogen-bond donors (Lipinski definition) is 2.